The van der Waals surface area contributed by atoms with E-state index in [1.807, 2.05) is 37.3 Å². The molecular weight excluding hydrogens is 530 g/mol. The number of ether oxygens (including phenoxy) is 2. The lowest BCUT2D eigenvalue weighted by atomic mass is 10.1. The van der Waals surface area contributed by atoms with E-state index in [1.165, 1.54) is 37.3 Å². The number of hydrogen-bond acceptors (Lipinski definition) is 6. The Hall–Kier alpha value is -4.05. The van der Waals surface area contributed by atoms with Gasteiger partial charge in [-0.25, -0.2) is 8.42 Å². The second-order valence-corrected chi connectivity index (χ2v) is 11.0. The van der Waals surface area contributed by atoms with Crippen LogP contribution in [-0.2, 0) is 26.0 Å². The lowest BCUT2D eigenvalue weighted by molar-refractivity contribution is -0.138. The molecule has 1 N–H and O–H groups in total. The number of benzene rings is 3. The third-order valence-electron chi connectivity index (χ3n) is 6.47. The van der Waals surface area contributed by atoms with Crippen molar-refractivity contribution in [3.63, 3.8) is 0 Å². The van der Waals surface area contributed by atoms with Crippen molar-refractivity contribution in [1.82, 2.24) is 10.2 Å². The second kappa shape index (κ2) is 14.4. The van der Waals surface area contributed by atoms with E-state index in [4.69, 9.17) is 9.47 Å². The van der Waals surface area contributed by atoms with Crippen LogP contribution in [0.5, 0.6) is 11.5 Å². The Labute approximate surface area is 236 Å². The van der Waals surface area contributed by atoms with E-state index in [2.05, 4.69) is 5.32 Å². The molecule has 3 rings (SSSR count). The van der Waals surface area contributed by atoms with Crippen LogP contribution in [0.2, 0.25) is 0 Å². The number of amides is 2. The number of nitrogens with one attached hydrogen (secondary N) is 1. The van der Waals surface area contributed by atoms with E-state index in [-0.39, 0.29) is 28.8 Å². The molecule has 0 unspecified atom stereocenters. The summed E-state index contributed by atoms with van der Waals surface area (Å²) in [5.74, 6) is -0.193. The van der Waals surface area contributed by atoms with E-state index < -0.39 is 28.5 Å². The topological polar surface area (TPSA) is 105 Å². The summed E-state index contributed by atoms with van der Waals surface area (Å²) in [5.41, 5.74) is 1.13. The molecular formula is C30H37N3O6S. The quantitative estimate of drug-likeness (QED) is 0.317. The van der Waals surface area contributed by atoms with Gasteiger partial charge in [0.25, 0.3) is 10.0 Å². The summed E-state index contributed by atoms with van der Waals surface area (Å²) >= 11 is 0. The van der Waals surface area contributed by atoms with Gasteiger partial charge in [0, 0.05) is 19.2 Å². The van der Waals surface area contributed by atoms with Gasteiger partial charge in [0.2, 0.25) is 11.8 Å². The molecule has 0 fully saturated rings. The molecule has 0 aromatic heterocycles. The zero-order chi connectivity index (χ0) is 29.1. The van der Waals surface area contributed by atoms with Gasteiger partial charge in [-0.3, -0.25) is 13.9 Å². The fourth-order valence-corrected chi connectivity index (χ4v) is 5.63. The van der Waals surface area contributed by atoms with Crippen LogP contribution in [0.3, 0.4) is 0 Å². The third-order valence-corrected chi connectivity index (χ3v) is 8.24. The molecule has 3 aromatic carbocycles. The number of anilines is 1. The first kappa shape index (κ1) is 30.5. The van der Waals surface area contributed by atoms with Gasteiger partial charge in [-0.05, 0) is 49.6 Å². The SMILES string of the molecule is CCCNC(=O)[C@H](C)N(CCc1ccccc1)C(=O)CN(c1cc(OC)ccc1OC)S(=O)(=O)c1ccccc1. The van der Waals surface area contributed by atoms with Crippen molar-refractivity contribution in [2.45, 2.75) is 37.6 Å². The average molecular weight is 568 g/mol. The van der Waals surface area contributed by atoms with Crippen LogP contribution in [0.4, 0.5) is 5.69 Å². The van der Waals surface area contributed by atoms with E-state index in [0.29, 0.717) is 18.7 Å². The highest BCUT2D eigenvalue weighted by Gasteiger charge is 2.33. The van der Waals surface area contributed by atoms with E-state index in [0.717, 1.165) is 16.3 Å². The maximum absolute atomic E-state index is 14.0. The second-order valence-electron chi connectivity index (χ2n) is 9.15. The van der Waals surface area contributed by atoms with Crippen molar-refractivity contribution in [1.29, 1.82) is 0 Å². The Morgan fingerprint density at radius 2 is 1.57 bits per heavy atom. The third kappa shape index (κ3) is 7.53. The van der Waals surface area contributed by atoms with Gasteiger partial charge in [-0.2, -0.15) is 0 Å². The minimum atomic E-state index is -4.22. The van der Waals surface area contributed by atoms with Crippen molar-refractivity contribution in [2.75, 3.05) is 38.2 Å². The molecule has 0 spiro atoms. The summed E-state index contributed by atoms with van der Waals surface area (Å²) in [5, 5.41) is 2.84. The predicted octanol–water partition coefficient (Wildman–Crippen LogP) is 3.89. The fourth-order valence-electron chi connectivity index (χ4n) is 4.19. The normalized spacial score (nSPS) is 11.8. The first-order valence-corrected chi connectivity index (χ1v) is 14.6. The first-order valence-electron chi connectivity index (χ1n) is 13.1. The van der Waals surface area contributed by atoms with Crippen LogP contribution in [-0.4, -0.2) is 65.0 Å². The number of sulfonamides is 1. The van der Waals surface area contributed by atoms with E-state index in [1.54, 1.807) is 37.3 Å². The summed E-state index contributed by atoms with van der Waals surface area (Å²) in [6.45, 7) is 3.73. The molecule has 0 heterocycles. The van der Waals surface area contributed by atoms with E-state index >= 15 is 0 Å². The van der Waals surface area contributed by atoms with Gasteiger partial charge in [0.1, 0.15) is 24.1 Å². The molecule has 10 heteroatoms. The zero-order valence-corrected chi connectivity index (χ0v) is 24.2. The van der Waals surface area contributed by atoms with Gasteiger partial charge in [-0.1, -0.05) is 55.5 Å². The highest BCUT2D eigenvalue weighted by molar-refractivity contribution is 7.92. The molecule has 214 valence electrons. The van der Waals surface area contributed by atoms with Gasteiger partial charge >= 0.3 is 0 Å². The maximum atomic E-state index is 14.0. The fraction of sp³-hybridized carbons (Fsp3) is 0.333. The Morgan fingerprint density at radius 3 is 2.17 bits per heavy atom. The highest BCUT2D eigenvalue weighted by atomic mass is 32.2. The summed E-state index contributed by atoms with van der Waals surface area (Å²) in [7, 11) is -1.33. The minimum Gasteiger partial charge on any atom is -0.497 e. The minimum absolute atomic E-state index is 0.0113. The van der Waals surface area contributed by atoms with Crippen LogP contribution < -0.4 is 19.1 Å². The number of hydrogen-bond donors (Lipinski definition) is 1. The molecule has 0 aliphatic carbocycles. The number of nitrogens with zero attached hydrogens (tertiary/aromatic N) is 2. The Bertz CT molecular complexity index is 1370. The van der Waals surface area contributed by atoms with Gasteiger partial charge in [-0.15, -0.1) is 0 Å². The number of methoxy groups -OCH3 is 2. The molecule has 2 amide bonds. The van der Waals surface area contributed by atoms with Crippen LogP contribution in [0, 0.1) is 0 Å². The summed E-state index contributed by atoms with van der Waals surface area (Å²) in [6.07, 6.45) is 1.24. The Balaban J connectivity index is 2.04. The molecule has 0 saturated carbocycles. The molecule has 0 aliphatic rings. The summed E-state index contributed by atoms with van der Waals surface area (Å²) < 4.78 is 39.8. The van der Waals surface area contributed by atoms with Crippen molar-refractivity contribution in [2.24, 2.45) is 0 Å². The number of carbonyl (C=O) groups excluding carboxylic acids is 2. The summed E-state index contributed by atoms with van der Waals surface area (Å²) in [4.78, 5) is 28.4. The zero-order valence-electron chi connectivity index (χ0n) is 23.4. The molecule has 9 nitrogen and oxygen atoms in total. The van der Waals surface area contributed by atoms with Crippen LogP contribution in [0.25, 0.3) is 0 Å². The average Bonchev–Trinajstić information content (AvgIpc) is 2.99. The largest absolute Gasteiger partial charge is 0.497 e. The van der Waals surface area contributed by atoms with Crippen molar-refractivity contribution in [3.05, 3.63) is 84.4 Å². The molecule has 0 aliphatic heterocycles. The standard InChI is InChI=1S/C30H37N3O6S/c1-5-19-31-30(35)23(2)32(20-18-24-12-8-6-9-13-24)29(34)22-33(40(36,37)26-14-10-7-11-15-26)27-21-25(38-3)16-17-28(27)39-4/h6-17,21,23H,5,18-20,22H2,1-4H3,(H,31,35)/t23-/m0/s1. The smallest absolute Gasteiger partial charge is 0.264 e. The Kier molecular flexibility index (Phi) is 11.0. The van der Waals surface area contributed by atoms with Gasteiger partial charge in [0.15, 0.2) is 0 Å². The lowest BCUT2D eigenvalue weighted by Crippen LogP contribution is -2.52. The predicted molar refractivity (Wildman–Crippen MR) is 155 cm³/mol. The lowest BCUT2D eigenvalue weighted by Gasteiger charge is -2.32. The van der Waals surface area contributed by atoms with Crippen molar-refractivity contribution >= 4 is 27.5 Å². The molecule has 0 radical (unpaired) electrons. The maximum Gasteiger partial charge on any atom is 0.264 e. The van der Waals surface area contributed by atoms with Crippen molar-refractivity contribution < 1.29 is 27.5 Å². The first-order chi connectivity index (χ1) is 19.2. The van der Waals surface area contributed by atoms with Crippen molar-refractivity contribution in [3.8, 4) is 11.5 Å². The number of rotatable bonds is 14. The number of carbonyl (C=O) groups is 2. The molecule has 3 aromatic rings. The molecule has 0 saturated heterocycles. The molecule has 1 atom stereocenters. The monoisotopic (exact) mass is 567 g/mol. The molecule has 40 heavy (non-hydrogen) atoms. The van der Waals surface area contributed by atoms with Crippen LogP contribution in [0.1, 0.15) is 25.8 Å². The Morgan fingerprint density at radius 1 is 0.925 bits per heavy atom. The highest BCUT2D eigenvalue weighted by Crippen LogP contribution is 2.35. The van der Waals surface area contributed by atoms with Gasteiger partial charge in [0.05, 0.1) is 24.8 Å². The molecule has 0 bridgehead atoms. The summed E-state index contributed by atoms with van der Waals surface area (Å²) in [6, 6.07) is 21.4. The van der Waals surface area contributed by atoms with Crippen LogP contribution >= 0.6 is 0 Å². The van der Waals surface area contributed by atoms with Gasteiger partial charge < -0.3 is 19.7 Å². The van der Waals surface area contributed by atoms with Crippen LogP contribution in [0.15, 0.2) is 83.8 Å². The van der Waals surface area contributed by atoms with E-state index in [9.17, 15) is 18.0 Å².